The molecule has 122 valence electrons. The van der Waals surface area contributed by atoms with Gasteiger partial charge in [-0.2, -0.15) is 0 Å². The molecule has 0 aromatic rings. The van der Waals surface area contributed by atoms with Crippen LogP contribution in [-0.2, 0) is 9.53 Å². The van der Waals surface area contributed by atoms with E-state index in [4.69, 9.17) is 9.84 Å². The van der Waals surface area contributed by atoms with Crippen LogP contribution in [0.25, 0.3) is 0 Å². The molecule has 1 aliphatic heterocycles. The van der Waals surface area contributed by atoms with E-state index in [0.29, 0.717) is 25.7 Å². The molecule has 0 saturated carbocycles. The molecule has 1 atom stereocenters. The molecule has 0 bridgehead atoms. The molecule has 6 heteroatoms. The number of carbonyl (C=O) groups is 2. The molecule has 2 amide bonds. The first kappa shape index (κ1) is 17.8. The fraction of sp³-hybridized carbons (Fsp3) is 0.867. The third kappa shape index (κ3) is 7.32. The van der Waals surface area contributed by atoms with Crippen molar-refractivity contribution in [2.75, 3.05) is 19.8 Å². The summed E-state index contributed by atoms with van der Waals surface area (Å²) in [7, 11) is 0. The number of amides is 2. The standard InChI is InChI=1S/C15H28N2O4/c1-11(2)8-12(9-13(18)19)10-16-14(20)17-15(3)4-6-21-7-5-15/h11-12H,4-10H2,1-3H3,(H,18,19)(H2,16,17,20). The van der Waals surface area contributed by atoms with Crippen LogP contribution >= 0.6 is 0 Å². The summed E-state index contributed by atoms with van der Waals surface area (Å²) < 4.78 is 5.30. The average molecular weight is 300 g/mol. The van der Waals surface area contributed by atoms with Gasteiger partial charge in [-0.1, -0.05) is 13.8 Å². The molecule has 0 radical (unpaired) electrons. The highest BCUT2D eigenvalue weighted by Gasteiger charge is 2.29. The Morgan fingerprint density at radius 2 is 1.90 bits per heavy atom. The number of carboxylic acid groups (broad SMARTS) is 1. The van der Waals surface area contributed by atoms with Crippen LogP contribution in [0.3, 0.4) is 0 Å². The number of ether oxygens (including phenoxy) is 1. The van der Waals surface area contributed by atoms with E-state index in [0.717, 1.165) is 19.3 Å². The summed E-state index contributed by atoms with van der Waals surface area (Å²) in [4.78, 5) is 22.8. The molecule has 0 aromatic carbocycles. The first-order valence-electron chi connectivity index (χ1n) is 7.66. The van der Waals surface area contributed by atoms with Crippen LogP contribution in [-0.4, -0.2) is 42.4 Å². The molecule has 1 aliphatic rings. The number of hydrogen-bond donors (Lipinski definition) is 3. The minimum atomic E-state index is -0.820. The second-order valence-electron chi connectivity index (χ2n) is 6.60. The summed E-state index contributed by atoms with van der Waals surface area (Å²) in [6, 6.07) is -0.224. The number of hydrogen-bond acceptors (Lipinski definition) is 3. The fourth-order valence-corrected chi connectivity index (χ4v) is 2.65. The Morgan fingerprint density at radius 3 is 2.43 bits per heavy atom. The van der Waals surface area contributed by atoms with Crippen molar-refractivity contribution in [3.63, 3.8) is 0 Å². The fourth-order valence-electron chi connectivity index (χ4n) is 2.65. The van der Waals surface area contributed by atoms with Gasteiger partial charge in [0.2, 0.25) is 0 Å². The Morgan fingerprint density at radius 1 is 1.29 bits per heavy atom. The van der Waals surface area contributed by atoms with E-state index >= 15 is 0 Å². The van der Waals surface area contributed by atoms with E-state index in [1.54, 1.807) is 0 Å². The van der Waals surface area contributed by atoms with Crippen molar-refractivity contribution in [2.45, 2.75) is 52.0 Å². The van der Waals surface area contributed by atoms with Gasteiger partial charge in [0, 0.05) is 31.7 Å². The predicted octanol–water partition coefficient (Wildman–Crippen LogP) is 1.99. The quantitative estimate of drug-likeness (QED) is 0.671. The van der Waals surface area contributed by atoms with Gasteiger partial charge in [-0.3, -0.25) is 4.79 Å². The van der Waals surface area contributed by atoms with Crippen LogP contribution < -0.4 is 10.6 Å². The normalized spacial score (nSPS) is 19.0. The Bertz CT molecular complexity index is 352. The Hall–Kier alpha value is -1.30. The van der Waals surface area contributed by atoms with Crippen molar-refractivity contribution in [3.05, 3.63) is 0 Å². The van der Waals surface area contributed by atoms with Gasteiger partial charge in [0.05, 0.1) is 0 Å². The maximum absolute atomic E-state index is 12.0. The monoisotopic (exact) mass is 300 g/mol. The van der Waals surface area contributed by atoms with Gasteiger partial charge in [-0.15, -0.1) is 0 Å². The van der Waals surface area contributed by atoms with E-state index in [1.807, 2.05) is 6.92 Å². The van der Waals surface area contributed by atoms with Gasteiger partial charge < -0.3 is 20.5 Å². The minimum Gasteiger partial charge on any atom is -0.481 e. The maximum atomic E-state index is 12.0. The van der Waals surface area contributed by atoms with Gasteiger partial charge in [0.15, 0.2) is 0 Å². The molecule has 21 heavy (non-hydrogen) atoms. The summed E-state index contributed by atoms with van der Waals surface area (Å²) in [5, 5.41) is 14.7. The third-order valence-electron chi connectivity index (χ3n) is 3.83. The lowest BCUT2D eigenvalue weighted by molar-refractivity contribution is -0.138. The highest BCUT2D eigenvalue weighted by molar-refractivity contribution is 5.75. The van der Waals surface area contributed by atoms with Crippen LogP contribution in [0, 0.1) is 11.8 Å². The molecule has 1 fully saturated rings. The van der Waals surface area contributed by atoms with E-state index in [-0.39, 0.29) is 23.9 Å². The predicted molar refractivity (Wildman–Crippen MR) is 80.2 cm³/mol. The van der Waals surface area contributed by atoms with Crippen LogP contribution in [0.15, 0.2) is 0 Å². The number of carboxylic acids is 1. The van der Waals surface area contributed by atoms with E-state index in [9.17, 15) is 9.59 Å². The van der Waals surface area contributed by atoms with Crippen molar-refractivity contribution >= 4 is 12.0 Å². The molecule has 0 aliphatic carbocycles. The number of carbonyl (C=O) groups excluding carboxylic acids is 1. The third-order valence-corrected chi connectivity index (χ3v) is 3.83. The van der Waals surface area contributed by atoms with Gasteiger partial charge in [-0.05, 0) is 38.0 Å². The number of aliphatic carboxylic acids is 1. The Balaban J connectivity index is 2.39. The topological polar surface area (TPSA) is 87.7 Å². The molecule has 1 saturated heterocycles. The molecule has 0 spiro atoms. The molecule has 0 aromatic heterocycles. The van der Waals surface area contributed by atoms with E-state index in [1.165, 1.54) is 0 Å². The SMILES string of the molecule is CC(C)CC(CNC(=O)NC1(C)CCOCC1)CC(=O)O. The zero-order valence-electron chi connectivity index (χ0n) is 13.3. The second-order valence-corrected chi connectivity index (χ2v) is 6.60. The maximum Gasteiger partial charge on any atom is 0.315 e. The Labute approximate surface area is 126 Å². The molecule has 1 unspecified atom stereocenters. The van der Waals surface area contributed by atoms with Gasteiger partial charge in [0.25, 0.3) is 0 Å². The smallest absolute Gasteiger partial charge is 0.315 e. The zero-order valence-corrected chi connectivity index (χ0v) is 13.3. The van der Waals surface area contributed by atoms with Crippen molar-refractivity contribution in [1.82, 2.24) is 10.6 Å². The summed E-state index contributed by atoms with van der Waals surface area (Å²) in [5.74, 6) is -0.442. The summed E-state index contributed by atoms with van der Waals surface area (Å²) in [5.41, 5.74) is -0.233. The van der Waals surface area contributed by atoms with Crippen LogP contribution in [0.2, 0.25) is 0 Å². The van der Waals surface area contributed by atoms with Crippen molar-refractivity contribution in [2.24, 2.45) is 11.8 Å². The van der Waals surface area contributed by atoms with Crippen molar-refractivity contribution < 1.29 is 19.4 Å². The van der Waals surface area contributed by atoms with E-state index < -0.39 is 5.97 Å². The molecule has 1 rings (SSSR count). The van der Waals surface area contributed by atoms with Crippen LogP contribution in [0.5, 0.6) is 0 Å². The lowest BCUT2D eigenvalue weighted by Crippen LogP contribution is -2.53. The molecule has 1 heterocycles. The van der Waals surface area contributed by atoms with Crippen LogP contribution in [0.4, 0.5) is 4.79 Å². The number of rotatable bonds is 7. The van der Waals surface area contributed by atoms with Crippen molar-refractivity contribution in [1.29, 1.82) is 0 Å². The van der Waals surface area contributed by atoms with Crippen molar-refractivity contribution in [3.8, 4) is 0 Å². The number of urea groups is 1. The van der Waals surface area contributed by atoms with E-state index in [2.05, 4.69) is 24.5 Å². The molecule has 3 N–H and O–H groups in total. The Kier molecular flexibility index (Phi) is 6.95. The molecular weight excluding hydrogens is 272 g/mol. The van der Waals surface area contributed by atoms with Crippen LogP contribution in [0.1, 0.15) is 46.5 Å². The number of nitrogens with one attached hydrogen (secondary N) is 2. The lowest BCUT2D eigenvalue weighted by Gasteiger charge is -2.34. The minimum absolute atomic E-state index is 0.0317. The van der Waals surface area contributed by atoms with Gasteiger partial charge in [-0.25, -0.2) is 4.79 Å². The first-order valence-corrected chi connectivity index (χ1v) is 7.66. The largest absolute Gasteiger partial charge is 0.481 e. The summed E-state index contributed by atoms with van der Waals surface area (Å²) >= 11 is 0. The second kappa shape index (κ2) is 8.22. The average Bonchev–Trinajstić information content (AvgIpc) is 2.35. The molecule has 6 nitrogen and oxygen atoms in total. The highest BCUT2D eigenvalue weighted by Crippen LogP contribution is 2.19. The zero-order chi connectivity index (χ0) is 15.9. The molecular formula is C15H28N2O4. The first-order chi connectivity index (χ1) is 9.81. The lowest BCUT2D eigenvalue weighted by atomic mass is 9.92. The highest BCUT2D eigenvalue weighted by atomic mass is 16.5. The summed E-state index contributed by atoms with van der Waals surface area (Å²) in [6.45, 7) is 7.83. The van der Waals surface area contributed by atoms with Gasteiger partial charge >= 0.3 is 12.0 Å². The van der Waals surface area contributed by atoms with Gasteiger partial charge in [0.1, 0.15) is 0 Å². The summed E-state index contributed by atoms with van der Waals surface area (Å²) in [6.07, 6.45) is 2.47.